The van der Waals surface area contributed by atoms with Gasteiger partial charge in [0.15, 0.2) is 0 Å². The second-order valence-corrected chi connectivity index (χ2v) is 3.54. The summed E-state index contributed by atoms with van der Waals surface area (Å²) in [5, 5.41) is 9.73. The number of hydrogen-bond donors (Lipinski definition) is 2. The van der Waals surface area contributed by atoms with Crippen LogP contribution in [0.25, 0.3) is 0 Å². The maximum absolute atomic E-state index is 13.3. The molecule has 0 spiro atoms. The van der Waals surface area contributed by atoms with Crippen molar-refractivity contribution in [2.75, 3.05) is 0 Å². The molecular weight excluding hydrogens is 240 g/mol. The molecule has 0 bridgehead atoms. The molecule has 15 heavy (non-hydrogen) atoms. The zero-order chi connectivity index (χ0) is 10.7. The average molecular weight is 254 g/mol. The summed E-state index contributed by atoms with van der Waals surface area (Å²) in [6, 6.07) is 3.58. The lowest BCUT2D eigenvalue weighted by Gasteiger charge is -2.19. The van der Waals surface area contributed by atoms with Gasteiger partial charge in [-0.1, -0.05) is 24.6 Å². The minimum absolute atomic E-state index is 0. The largest absolute Gasteiger partial charge is 0.391 e. The first-order chi connectivity index (χ1) is 6.57. The van der Waals surface area contributed by atoms with E-state index in [1.807, 2.05) is 0 Å². The van der Waals surface area contributed by atoms with Crippen LogP contribution in [-0.2, 0) is 0 Å². The van der Waals surface area contributed by atoms with Crippen molar-refractivity contribution in [3.05, 3.63) is 34.6 Å². The van der Waals surface area contributed by atoms with Crippen molar-refractivity contribution in [3.8, 4) is 0 Å². The average Bonchev–Trinajstić information content (AvgIpc) is 2.16. The van der Waals surface area contributed by atoms with Crippen LogP contribution in [0.15, 0.2) is 18.2 Å². The molecule has 0 radical (unpaired) electrons. The summed E-state index contributed by atoms with van der Waals surface area (Å²) in [5.74, 6) is -0.475. The Kier molecular flexibility index (Phi) is 6.13. The Morgan fingerprint density at radius 2 is 2.13 bits per heavy atom. The molecule has 0 aliphatic rings. The molecule has 0 unspecified atom stereocenters. The zero-order valence-corrected chi connectivity index (χ0v) is 9.86. The first-order valence-electron chi connectivity index (χ1n) is 4.45. The summed E-state index contributed by atoms with van der Waals surface area (Å²) in [6.45, 7) is 1.78. The van der Waals surface area contributed by atoms with Gasteiger partial charge in [0, 0.05) is 10.6 Å². The van der Waals surface area contributed by atoms with Gasteiger partial charge in [0.25, 0.3) is 0 Å². The zero-order valence-electron chi connectivity index (χ0n) is 8.28. The van der Waals surface area contributed by atoms with E-state index in [2.05, 4.69) is 0 Å². The summed E-state index contributed by atoms with van der Waals surface area (Å²) in [6.07, 6.45) is -0.310. The van der Waals surface area contributed by atoms with Crippen LogP contribution < -0.4 is 5.73 Å². The third-order valence-corrected chi connectivity index (χ3v) is 2.50. The lowest BCUT2D eigenvalue weighted by Crippen LogP contribution is -2.26. The first kappa shape index (κ1) is 14.6. The van der Waals surface area contributed by atoms with Gasteiger partial charge in [0.1, 0.15) is 5.82 Å². The highest BCUT2D eigenvalue weighted by Gasteiger charge is 2.20. The number of halogens is 3. The second-order valence-electron chi connectivity index (χ2n) is 3.14. The number of benzene rings is 1. The van der Waals surface area contributed by atoms with E-state index in [0.717, 1.165) is 0 Å². The second kappa shape index (κ2) is 6.28. The topological polar surface area (TPSA) is 46.2 Å². The van der Waals surface area contributed by atoms with E-state index in [0.29, 0.717) is 6.42 Å². The van der Waals surface area contributed by atoms with Gasteiger partial charge in [0.05, 0.1) is 12.1 Å². The van der Waals surface area contributed by atoms with E-state index in [4.69, 9.17) is 17.3 Å². The molecule has 0 amide bonds. The summed E-state index contributed by atoms with van der Waals surface area (Å²) in [5.41, 5.74) is 5.86. The summed E-state index contributed by atoms with van der Waals surface area (Å²) >= 11 is 5.79. The van der Waals surface area contributed by atoms with Crippen molar-refractivity contribution in [3.63, 3.8) is 0 Å². The summed E-state index contributed by atoms with van der Waals surface area (Å²) < 4.78 is 13.3. The predicted octanol–water partition coefficient (Wildman–Crippen LogP) is 2.67. The lowest BCUT2D eigenvalue weighted by atomic mass is 10.00. The van der Waals surface area contributed by atoms with Crippen LogP contribution in [0.2, 0.25) is 5.02 Å². The molecule has 1 aromatic rings. The molecule has 0 saturated carbocycles. The van der Waals surface area contributed by atoms with Gasteiger partial charge in [0.2, 0.25) is 0 Å². The lowest BCUT2D eigenvalue weighted by molar-refractivity contribution is 0.139. The Bertz CT molecular complexity index is 302. The maximum atomic E-state index is 13.3. The normalized spacial score (nSPS) is 14.2. The van der Waals surface area contributed by atoms with Crippen molar-refractivity contribution >= 4 is 24.0 Å². The molecule has 1 rings (SSSR count). The molecule has 0 aromatic heterocycles. The van der Waals surface area contributed by atoms with Crippen LogP contribution >= 0.6 is 24.0 Å². The number of nitrogens with two attached hydrogens (primary N) is 1. The van der Waals surface area contributed by atoms with Gasteiger partial charge in [-0.05, 0) is 18.6 Å². The highest BCUT2D eigenvalue weighted by atomic mass is 35.5. The van der Waals surface area contributed by atoms with Crippen LogP contribution in [0.5, 0.6) is 0 Å². The van der Waals surface area contributed by atoms with Gasteiger partial charge in [-0.3, -0.25) is 0 Å². The molecule has 3 N–H and O–H groups in total. The van der Waals surface area contributed by atoms with E-state index in [-0.39, 0.29) is 23.0 Å². The maximum Gasteiger partial charge on any atom is 0.129 e. The quantitative estimate of drug-likeness (QED) is 0.871. The Morgan fingerprint density at radius 1 is 1.53 bits per heavy atom. The summed E-state index contributed by atoms with van der Waals surface area (Å²) in [7, 11) is 0. The Hall–Kier alpha value is -0.350. The Balaban J connectivity index is 0.00000196. The number of aliphatic hydroxyl groups excluding tert-OH is 1. The van der Waals surface area contributed by atoms with Crippen molar-refractivity contribution < 1.29 is 9.50 Å². The molecule has 0 aliphatic carbocycles. The van der Waals surface area contributed by atoms with Gasteiger partial charge in [-0.25, -0.2) is 4.39 Å². The number of hydrogen-bond acceptors (Lipinski definition) is 2. The van der Waals surface area contributed by atoms with Gasteiger partial charge in [-0.2, -0.15) is 0 Å². The van der Waals surface area contributed by atoms with E-state index < -0.39 is 18.0 Å². The molecule has 2 atom stereocenters. The van der Waals surface area contributed by atoms with Crippen LogP contribution in [0.1, 0.15) is 24.9 Å². The van der Waals surface area contributed by atoms with Crippen molar-refractivity contribution in [2.45, 2.75) is 25.5 Å². The molecule has 2 nitrogen and oxygen atoms in total. The van der Waals surface area contributed by atoms with Crippen LogP contribution in [0, 0.1) is 5.82 Å². The van der Waals surface area contributed by atoms with Crippen molar-refractivity contribution in [1.82, 2.24) is 0 Å². The van der Waals surface area contributed by atoms with Crippen LogP contribution in [0.3, 0.4) is 0 Å². The molecule has 0 fully saturated rings. The standard InChI is InChI=1S/C10H13ClFNO.ClH/c1-2-8(14)10(13)9-6(11)4-3-5-7(9)12;/h3-5,8,10,14H,2,13H2,1H3;1H/t8-,10-;/m0./s1. The monoisotopic (exact) mass is 253 g/mol. The van der Waals surface area contributed by atoms with Gasteiger partial charge >= 0.3 is 0 Å². The van der Waals surface area contributed by atoms with Crippen molar-refractivity contribution in [2.24, 2.45) is 5.73 Å². The molecular formula is C10H14Cl2FNO. The predicted molar refractivity (Wildman–Crippen MR) is 61.9 cm³/mol. The minimum Gasteiger partial charge on any atom is -0.391 e. The number of aliphatic hydroxyl groups is 1. The van der Waals surface area contributed by atoms with E-state index >= 15 is 0 Å². The Morgan fingerprint density at radius 3 is 2.60 bits per heavy atom. The third kappa shape index (κ3) is 3.31. The SMILES string of the molecule is CC[C@H](O)[C@H](N)c1c(F)cccc1Cl.Cl. The van der Waals surface area contributed by atoms with Crippen LogP contribution in [-0.4, -0.2) is 11.2 Å². The fraction of sp³-hybridized carbons (Fsp3) is 0.400. The molecule has 0 heterocycles. The molecule has 0 aliphatic heterocycles. The highest BCUT2D eigenvalue weighted by Crippen LogP contribution is 2.27. The summed E-state index contributed by atoms with van der Waals surface area (Å²) in [4.78, 5) is 0. The van der Waals surface area contributed by atoms with Gasteiger partial charge < -0.3 is 10.8 Å². The van der Waals surface area contributed by atoms with E-state index in [9.17, 15) is 9.50 Å². The van der Waals surface area contributed by atoms with E-state index in [1.165, 1.54) is 12.1 Å². The third-order valence-electron chi connectivity index (χ3n) is 2.17. The fourth-order valence-electron chi connectivity index (χ4n) is 1.28. The van der Waals surface area contributed by atoms with Crippen LogP contribution in [0.4, 0.5) is 4.39 Å². The molecule has 0 saturated heterocycles. The number of rotatable bonds is 3. The fourth-order valence-corrected chi connectivity index (χ4v) is 1.56. The van der Waals surface area contributed by atoms with E-state index in [1.54, 1.807) is 13.0 Å². The Labute approximate surface area is 99.6 Å². The smallest absolute Gasteiger partial charge is 0.129 e. The molecule has 86 valence electrons. The highest BCUT2D eigenvalue weighted by molar-refractivity contribution is 6.31. The first-order valence-corrected chi connectivity index (χ1v) is 4.83. The molecule has 5 heteroatoms. The molecule has 1 aromatic carbocycles. The van der Waals surface area contributed by atoms with Gasteiger partial charge in [-0.15, -0.1) is 12.4 Å². The minimum atomic E-state index is -0.774. The van der Waals surface area contributed by atoms with Crippen molar-refractivity contribution in [1.29, 1.82) is 0 Å².